The monoisotopic (exact) mass is 817 g/mol. The quantitative estimate of drug-likeness (QED) is 0.0936. The van der Waals surface area contributed by atoms with Crippen molar-refractivity contribution < 1.29 is 39.4 Å². The molecule has 5 aliphatic rings. The molecular weight excluding hydrogens is 759 g/mol. The second-order valence-corrected chi connectivity index (χ2v) is 17.4. The van der Waals surface area contributed by atoms with Crippen molar-refractivity contribution in [2.45, 2.75) is 107 Å². The molecular formula is C49H59N3O8. The summed E-state index contributed by atoms with van der Waals surface area (Å²) in [5, 5.41) is 51.8. The molecule has 1 fully saturated rings. The normalized spacial score (nSPS) is 22.8. The second kappa shape index (κ2) is 17.4. The number of methoxy groups -OCH3 is 1. The van der Waals surface area contributed by atoms with E-state index in [-0.39, 0.29) is 36.7 Å². The fourth-order valence-corrected chi connectivity index (χ4v) is 10.6. The summed E-state index contributed by atoms with van der Waals surface area (Å²) in [5.41, 5.74) is 8.10. The third-order valence-corrected chi connectivity index (χ3v) is 13.6. The molecule has 60 heavy (non-hydrogen) atoms. The van der Waals surface area contributed by atoms with Gasteiger partial charge < -0.3 is 44.7 Å². The number of aliphatic hydroxyl groups excluding tert-OH is 2. The number of aryl methyl sites for hydroxylation is 1. The molecule has 0 amide bonds. The maximum atomic E-state index is 11.3. The minimum Gasteiger partial charge on any atom is -0.508 e. The van der Waals surface area contributed by atoms with Crippen molar-refractivity contribution in [1.82, 2.24) is 10.6 Å². The third-order valence-electron chi connectivity index (χ3n) is 13.6. The molecule has 0 unspecified atom stereocenters. The van der Waals surface area contributed by atoms with E-state index in [0.717, 1.165) is 80.3 Å². The van der Waals surface area contributed by atoms with Crippen molar-refractivity contribution in [2.75, 3.05) is 47.2 Å². The molecule has 1 saturated carbocycles. The number of nitrogens with one attached hydrogen (secondary N) is 2. The van der Waals surface area contributed by atoms with Crippen LogP contribution in [0.1, 0.15) is 95.9 Å². The van der Waals surface area contributed by atoms with Crippen LogP contribution in [0.15, 0.2) is 53.5 Å². The Hall–Kier alpha value is -4.65. The Balaban J connectivity index is 1.22. The van der Waals surface area contributed by atoms with Crippen molar-refractivity contribution in [3.63, 3.8) is 0 Å². The van der Waals surface area contributed by atoms with E-state index in [4.69, 9.17) is 18.9 Å². The largest absolute Gasteiger partial charge is 0.508 e. The summed E-state index contributed by atoms with van der Waals surface area (Å²) in [4.78, 5) is 4.62. The fraction of sp³-hybridized carbons (Fsp3) is 0.490. The van der Waals surface area contributed by atoms with Gasteiger partial charge in [0.05, 0.1) is 32.3 Å². The Bertz CT molecular complexity index is 2360. The van der Waals surface area contributed by atoms with Crippen LogP contribution in [-0.2, 0) is 36.8 Å². The average Bonchev–Trinajstić information content (AvgIpc) is 3.74. The Morgan fingerprint density at radius 3 is 2.60 bits per heavy atom. The number of nitrogens with zero attached hydrogens (tertiary/aromatic N) is 1. The highest BCUT2D eigenvalue weighted by molar-refractivity contribution is 5.85. The van der Waals surface area contributed by atoms with E-state index in [0.29, 0.717) is 75.7 Å². The van der Waals surface area contributed by atoms with Crippen LogP contribution in [0.2, 0.25) is 0 Å². The van der Waals surface area contributed by atoms with E-state index in [2.05, 4.69) is 39.9 Å². The molecule has 0 radical (unpaired) electrons. The van der Waals surface area contributed by atoms with E-state index >= 15 is 0 Å². The second-order valence-electron chi connectivity index (χ2n) is 17.4. The summed E-state index contributed by atoms with van der Waals surface area (Å²) in [6.45, 7) is 1.41. The SMILES string of the molecule is CNC[C@@]1(OCNC2CCCCC2)Cc2c3c(c4c(c2O[C@@H]1c1cc(CCCO)c(O)c(OC)c1)CC[C@H](CO)O4)-c1ccc(O)cc1[C@@H](Cc1ccc2c(c1)=CCN=2)C3. The lowest BCUT2D eigenvalue weighted by molar-refractivity contribution is -0.131. The number of hydrogen-bond acceptors (Lipinski definition) is 11. The lowest BCUT2D eigenvalue weighted by Crippen LogP contribution is -2.55. The molecule has 11 nitrogen and oxygen atoms in total. The number of fused-ring (bicyclic) bond motifs is 9. The molecule has 11 heteroatoms. The highest BCUT2D eigenvalue weighted by Gasteiger charge is 2.50. The molecule has 9 rings (SSSR count). The van der Waals surface area contributed by atoms with Gasteiger partial charge in [0.25, 0.3) is 0 Å². The predicted octanol–water partition coefficient (Wildman–Crippen LogP) is 5.21. The molecule has 0 saturated heterocycles. The van der Waals surface area contributed by atoms with Gasteiger partial charge in [-0.05, 0) is 139 Å². The Morgan fingerprint density at radius 2 is 1.80 bits per heavy atom. The van der Waals surface area contributed by atoms with E-state index in [9.17, 15) is 20.4 Å². The first-order valence-electron chi connectivity index (χ1n) is 22.0. The van der Waals surface area contributed by atoms with Crippen LogP contribution in [0.4, 0.5) is 0 Å². The highest BCUT2D eigenvalue weighted by atomic mass is 16.6. The van der Waals surface area contributed by atoms with Crippen molar-refractivity contribution in [1.29, 1.82) is 0 Å². The number of hydrogen-bond donors (Lipinski definition) is 6. The molecule has 6 N–H and O–H groups in total. The maximum absolute atomic E-state index is 11.3. The lowest BCUT2D eigenvalue weighted by atomic mass is 9.70. The van der Waals surface area contributed by atoms with E-state index in [1.807, 2.05) is 31.3 Å². The van der Waals surface area contributed by atoms with Gasteiger partial charge in [0, 0.05) is 42.3 Å². The molecule has 4 atom stereocenters. The van der Waals surface area contributed by atoms with Gasteiger partial charge >= 0.3 is 0 Å². The summed E-state index contributed by atoms with van der Waals surface area (Å²) in [6.07, 6.45) is 11.3. The average molecular weight is 818 g/mol. The molecule has 3 heterocycles. The zero-order chi connectivity index (χ0) is 41.4. The molecule has 318 valence electrons. The zero-order valence-electron chi connectivity index (χ0n) is 34.9. The van der Waals surface area contributed by atoms with E-state index < -0.39 is 11.7 Å². The van der Waals surface area contributed by atoms with E-state index in [1.165, 1.54) is 24.8 Å². The van der Waals surface area contributed by atoms with Gasteiger partial charge in [-0.3, -0.25) is 10.3 Å². The van der Waals surface area contributed by atoms with Crippen LogP contribution in [0, 0.1) is 0 Å². The Kier molecular flexibility index (Phi) is 11.8. The van der Waals surface area contributed by atoms with Gasteiger partial charge in [-0.2, -0.15) is 0 Å². The van der Waals surface area contributed by atoms with Gasteiger partial charge in [0.2, 0.25) is 0 Å². The molecule has 0 aromatic heterocycles. The number of phenols is 2. The van der Waals surface area contributed by atoms with Gasteiger partial charge in [-0.25, -0.2) is 0 Å². The minimum atomic E-state index is -0.908. The number of ether oxygens (including phenoxy) is 4. The van der Waals surface area contributed by atoms with Gasteiger partial charge in [0.15, 0.2) is 17.6 Å². The van der Waals surface area contributed by atoms with Crippen LogP contribution in [-0.4, -0.2) is 85.4 Å². The van der Waals surface area contributed by atoms with E-state index in [1.54, 1.807) is 13.2 Å². The predicted molar refractivity (Wildman–Crippen MR) is 230 cm³/mol. The van der Waals surface area contributed by atoms with Crippen molar-refractivity contribution in [3.05, 3.63) is 98.1 Å². The number of benzene rings is 4. The summed E-state index contributed by atoms with van der Waals surface area (Å²) in [6, 6.07) is 16.5. The lowest BCUT2D eigenvalue weighted by Gasteiger charge is -2.47. The Morgan fingerprint density at radius 1 is 0.933 bits per heavy atom. The zero-order valence-corrected chi connectivity index (χ0v) is 34.9. The molecule has 4 aromatic carbocycles. The van der Waals surface area contributed by atoms with Crippen LogP contribution in [0.5, 0.6) is 28.7 Å². The summed E-state index contributed by atoms with van der Waals surface area (Å²) >= 11 is 0. The minimum absolute atomic E-state index is 0.00449. The van der Waals surface area contributed by atoms with Gasteiger partial charge in [-0.15, -0.1) is 0 Å². The number of rotatable bonds is 14. The van der Waals surface area contributed by atoms with Crippen LogP contribution < -0.4 is 35.4 Å². The number of likely N-dealkylation sites (N-methyl/N-ethyl adjacent to an activating group) is 1. The number of phenolic OH excluding ortho intramolecular Hbond substituents is 2. The summed E-state index contributed by atoms with van der Waals surface area (Å²) in [7, 11) is 3.50. The first-order chi connectivity index (χ1) is 29.3. The smallest absolute Gasteiger partial charge is 0.161 e. The van der Waals surface area contributed by atoms with Crippen molar-refractivity contribution in [2.24, 2.45) is 4.99 Å². The Labute approximate surface area is 352 Å². The summed E-state index contributed by atoms with van der Waals surface area (Å²) in [5.74, 6) is 2.20. The summed E-state index contributed by atoms with van der Waals surface area (Å²) < 4.78 is 27.3. The van der Waals surface area contributed by atoms with Crippen LogP contribution in [0.3, 0.4) is 0 Å². The van der Waals surface area contributed by atoms with Crippen molar-refractivity contribution >= 4 is 6.08 Å². The molecule has 0 spiro atoms. The van der Waals surface area contributed by atoms with Gasteiger partial charge in [0.1, 0.15) is 29.0 Å². The molecule has 2 aliphatic carbocycles. The standard InChI is InChI=1S/C49H59N3O8/c1-50-27-49(58-28-52-34-8-4-3-5-9-34)25-41-40-22-32(20-29-10-15-42-30(19-29)16-17-51-42)39-24-35(55)11-13-37(39)44(40)47-38(14-12-36(26-54)59-47)46(41)60-48(49)33-21-31(7-6-18-53)45(56)43(23-33)57-2/h10-11,13,15-16,19,21,23-24,32,34,36,48,50,52-56H,3-9,12,14,17-18,20,22,25-28H2,1-2H3/t32-,36+,48+,49-/m0/s1. The van der Waals surface area contributed by atoms with Crippen molar-refractivity contribution in [3.8, 4) is 39.9 Å². The number of aromatic hydroxyl groups is 2. The fourth-order valence-electron chi connectivity index (χ4n) is 10.6. The molecule has 0 bridgehead atoms. The third kappa shape index (κ3) is 7.64. The number of aliphatic hydroxyl groups is 2. The maximum Gasteiger partial charge on any atom is 0.161 e. The highest BCUT2D eigenvalue weighted by Crippen LogP contribution is 2.58. The molecule has 4 aromatic rings. The first-order valence-corrected chi connectivity index (χ1v) is 22.0. The topological polar surface area (TPSA) is 154 Å². The first kappa shape index (κ1) is 40.7. The molecule has 3 aliphatic heterocycles. The van der Waals surface area contributed by atoms with Crippen LogP contribution >= 0.6 is 0 Å². The van der Waals surface area contributed by atoms with Gasteiger partial charge in [-0.1, -0.05) is 37.5 Å². The van der Waals surface area contributed by atoms with Crippen LogP contribution in [0.25, 0.3) is 17.2 Å².